The Kier molecular flexibility index (Phi) is 3.49. The van der Waals surface area contributed by atoms with Gasteiger partial charge in [0.15, 0.2) is 0 Å². The molecule has 0 aliphatic heterocycles. The fourth-order valence-electron chi connectivity index (χ4n) is 2.68. The molecule has 106 valence electrons. The zero-order chi connectivity index (χ0) is 14.1. The number of nitrogens with zero attached hydrogens (tertiary/aromatic N) is 3. The quantitative estimate of drug-likeness (QED) is 0.906. The van der Waals surface area contributed by atoms with Gasteiger partial charge in [-0.2, -0.15) is 5.10 Å². The number of hydrogen-bond donors (Lipinski definition) is 1. The van der Waals surface area contributed by atoms with Gasteiger partial charge in [-0.25, -0.2) is 4.68 Å². The molecule has 0 saturated heterocycles. The van der Waals surface area contributed by atoms with E-state index in [9.17, 15) is 0 Å². The molecule has 1 aliphatic rings. The van der Waals surface area contributed by atoms with Gasteiger partial charge >= 0.3 is 0 Å². The molecule has 1 saturated carbocycles. The summed E-state index contributed by atoms with van der Waals surface area (Å²) in [4.78, 5) is 2.39. The van der Waals surface area contributed by atoms with E-state index in [-0.39, 0.29) is 0 Å². The summed E-state index contributed by atoms with van der Waals surface area (Å²) in [7, 11) is 4.17. The van der Waals surface area contributed by atoms with Crippen molar-refractivity contribution in [3.8, 4) is 5.69 Å². The van der Waals surface area contributed by atoms with Gasteiger partial charge in [0.2, 0.25) is 0 Å². The second-order valence-electron chi connectivity index (χ2n) is 5.51. The molecular weight excluding hydrogens is 248 g/mol. The highest BCUT2D eigenvalue weighted by Gasteiger charge is 2.31. The fraction of sp³-hybridized carbons (Fsp3) is 0.438. The molecule has 4 heteroatoms. The van der Waals surface area contributed by atoms with Gasteiger partial charge < -0.3 is 10.2 Å². The Labute approximate surface area is 120 Å². The molecule has 1 heterocycles. The maximum Gasteiger partial charge on any atom is 0.137 e. The lowest BCUT2D eigenvalue weighted by Crippen LogP contribution is -2.24. The summed E-state index contributed by atoms with van der Waals surface area (Å²) in [5.41, 5.74) is 3.52. The Bertz CT molecular complexity index is 584. The third-order valence-corrected chi connectivity index (χ3v) is 3.94. The van der Waals surface area contributed by atoms with Crippen LogP contribution in [0.2, 0.25) is 0 Å². The molecule has 2 aromatic rings. The van der Waals surface area contributed by atoms with Gasteiger partial charge in [0.1, 0.15) is 5.82 Å². The van der Waals surface area contributed by atoms with Crippen molar-refractivity contribution in [2.75, 3.05) is 19.0 Å². The van der Waals surface area contributed by atoms with Crippen LogP contribution in [0.5, 0.6) is 0 Å². The molecule has 0 unspecified atom stereocenters. The molecule has 0 spiro atoms. The van der Waals surface area contributed by atoms with Crippen LogP contribution >= 0.6 is 0 Å². The van der Waals surface area contributed by atoms with Gasteiger partial charge in [0.05, 0.1) is 11.4 Å². The SMILES string of the molecule is CNCc1c(C)nn(-c2ccccc2)c1N(C)C1CC1. The fourth-order valence-corrected chi connectivity index (χ4v) is 2.68. The summed E-state index contributed by atoms with van der Waals surface area (Å²) >= 11 is 0. The topological polar surface area (TPSA) is 33.1 Å². The van der Waals surface area contributed by atoms with Crippen molar-refractivity contribution >= 4 is 5.82 Å². The first-order valence-electron chi connectivity index (χ1n) is 7.23. The molecule has 1 aromatic heterocycles. The number of hydrogen-bond acceptors (Lipinski definition) is 3. The lowest BCUT2D eigenvalue weighted by Gasteiger charge is -2.22. The molecule has 20 heavy (non-hydrogen) atoms. The van der Waals surface area contributed by atoms with E-state index in [4.69, 9.17) is 5.10 Å². The van der Waals surface area contributed by atoms with Crippen LogP contribution in [0.3, 0.4) is 0 Å². The number of aryl methyl sites for hydroxylation is 1. The van der Waals surface area contributed by atoms with Gasteiger partial charge in [-0.3, -0.25) is 0 Å². The van der Waals surface area contributed by atoms with Crippen molar-refractivity contribution in [1.29, 1.82) is 0 Å². The Morgan fingerprint density at radius 1 is 1.30 bits per heavy atom. The minimum absolute atomic E-state index is 0.671. The number of anilines is 1. The third kappa shape index (κ3) is 2.31. The smallest absolute Gasteiger partial charge is 0.137 e. The van der Waals surface area contributed by atoms with Crippen LogP contribution in [0.25, 0.3) is 5.69 Å². The van der Waals surface area contributed by atoms with Crippen molar-refractivity contribution in [1.82, 2.24) is 15.1 Å². The number of benzene rings is 1. The van der Waals surface area contributed by atoms with Gasteiger partial charge in [-0.1, -0.05) is 18.2 Å². The van der Waals surface area contributed by atoms with Crippen LogP contribution in [0.1, 0.15) is 24.1 Å². The predicted molar refractivity (Wildman–Crippen MR) is 82.5 cm³/mol. The summed E-state index contributed by atoms with van der Waals surface area (Å²) in [6.45, 7) is 2.95. The van der Waals surface area contributed by atoms with E-state index in [1.807, 2.05) is 13.1 Å². The summed E-state index contributed by atoms with van der Waals surface area (Å²) in [5, 5.41) is 8.03. The first-order chi connectivity index (χ1) is 9.72. The molecule has 1 aliphatic carbocycles. The Morgan fingerprint density at radius 3 is 2.60 bits per heavy atom. The summed E-state index contributed by atoms with van der Waals surface area (Å²) in [6, 6.07) is 11.1. The minimum atomic E-state index is 0.671. The molecular formula is C16H22N4. The lowest BCUT2D eigenvalue weighted by atomic mass is 10.2. The Balaban J connectivity index is 2.11. The molecule has 4 nitrogen and oxygen atoms in total. The van der Waals surface area contributed by atoms with Crippen molar-refractivity contribution in [3.63, 3.8) is 0 Å². The maximum absolute atomic E-state index is 4.77. The normalized spacial score (nSPS) is 14.6. The van der Waals surface area contributed by atoms with Crippen LogP contribution in [0, 0.1) is 6.92 Å². The molecule has 1 N–H and O–H groups in total. The van der Waals surface area contributed by atoms with Crippen LogP contribution in [-0.4, -0.2) is 29.9 Å². The Morgan fingerprint density at radius 2 is 2.00 bits per heavy atom. The van der Waals surface area contributed by atoms with Gasteiger partial charge in [0, 0.05) is 25.2 Å². The van der Waals surface area contributed by atoms with E-state index < -0.39 is 0 Å². The summed E-state index contributed by atoms with van der Waals surface area (Å²) in [6.07, 6.45) is 2.57. The first-order valence-corrected chi connectivity index (χ1v) is 7.23. The van der Waals surface area contributed by atoms with Crippen LogP contribution in [-0.2, 0) is 6.54 Å². The second kappa shape index (κ2) is 5.29. The molecule has 0 radical (unpaired) electrons. The summed E-state index contributed by atoms with van der Waals surface area (Å²) in [5.74, 6) is 1.23. The van der Waals surface area contributed by atoms with Gasteiger partial charge in [-0.15, -0.1) is 0 Å². The highest BCUT2D eigenvalue weighted by atomic mass is 15.4. The average molecular weight is 270 g/mol. The first kappa shape index (κ1) is 13.2. The largest absolute Gasteiger partial charge is 0.356 e. The van der Waals surface area contributed by atoms with Crippen molar-refractivity contribution < 1.29 is 0 Å². The maximum atomic E-state index is 4.77. The van der Waals surface area contributed by atoms with Crippen LogP contribution in [0.15, 0.2) is 30.3 Å². The van der Waals surface area contributed by atoms with E-state index in [1.54, 1.807) is 0 Å². The molecule has 0 atom stereocenters. The van der Waals surface area contributed by atoms with Crippen molar-refractivity contribution in [3.05, 3.63) is 41.6 Å². The number of aromatic nitrogens is 2. The Hall–Kier alpha value is -1.81. The van der Waals surface area contributed by atoms with E-state index in [2.05, 4.69) is 53.1 Å². The molecule has 0 bridgehead atoms. The van der Waals surface area contributed by atoms with Crippen molar-refractivity contribution in [2.45, 2.75) is 32.4 Å². The second-order valence-corrected chi connectivity index (χ2v) is 5.51. The van der Waals surface area contributed by atoms with Gasteiger partial charge in [0.25, 0.3) is 0 Å². The van der Waals surface area contributed by atoms with Crippen LogP contribution < -0.4 is 10.2 Å². The highest BCUT2D eigenvalue weighted by Crippen LogP contribution is 2.34. The van der Waals surface area contributed by atoms with Crippen LogP contribution in [0.4, 0.5) is 5.82 Å². The van der Waals surface area contributed by atoms with Gasteiger partial charge in [-0.05, 0) is 38.9 Å². The van der Waals surface area contributed by atoms with E-state index in [0.717, 1.165) is 17.9 Å². The zero-order valence-electron chi connectivity index (χ0n) is 12.4. The van der Waals surface area contributed by atoms with E-state index >= 15 is 0 Å². The van der Waals surface area contributed by atoms with Crippen molar-refractivity contribution in [2.24, 2.45) is 0 Å². The third-order valence-electron chi connectivity index (χ3n) is 3.94. The molecule has 3 rings (SSSR count). The standard InChI is InChI=1S/C16H22N4/c1-12-15(11-17-2)16(19(3)13-9-10-13)20(18-12)14-7-5-4-6-8-14/h4-8,13,17H,9-11H2,1-3H3. The highest BCUT2D eigenvalue weighted by molar-refractivity contribution is 5.56. The number of para-hydroxylation sites is 1. The average Bonchev–Trinajstić information content (AvgIpc) is 3.26. The molecule has 1 aromatic carbocycles. The monoisotopic (exact) mass is 270 g/mol. The lowest BCUT2D eigenvalue weighted by molar-refractivity contribution is 0.782. The van der Waals surface area contributed by atoms with E-state index in [1.165, 1.54) is 24.2 Å². The molecule has 0 amide bonds. The number of rotatable bonds is 5. The number of nitrogens with one attached hydrogen (secondary N) is 1. The summed E-state index contributed by atoms with van der Waals surface area (Å²) < 4.78 is 2.08. The van der Waals surface area contributed by atoms with E-state index in [0.29, 0.717) is 6.04 Å². The minimum Gasteiger partial charge on any atom is -0.356 e. The molecule has 1 fully saturated rings. The predicted octanol–water partition coefficient (Wildman–Crippen LogP) is 2.50. The zero-order valence-corrected chi connectivity index (χ0v) is 12.4.